The summed E-state index contributed by atoms with van der Waals surface area (Å²) >= 11 is 0. The van der Waals surface area contributed by atoms with Gasteiger partial charge in [-0.15, -0.1) is 0 Å². The van der Waals surface area contributed by atoms with Crippen LogP contribution in [0.2, 0.25) is 0 Å². The number of hydrogen-bond donors (Lipinski definition) is 2. The van der Waals surface area contributed by atoms with Gasteiger partial charge >= 0.3 is 0 Å². The van der Waals surface area contributed by atoms with Gasteiger partial charge in [-0.05, 0) is 35.9 Å². The number of benzene rings is 2. The van der Waals surface area contributed by atoms with Crippen molar-refractivity contribution < 1.29 is 19.1 Å². The summed E-state index contributed by atoms with van der Waals surface area (Å²) in [5.41, 5.74) is 6.59. The Morgan fingerprint density at radius 1 is 1.29 bits per heavy atom. The molecule has 6 heteroatoms. The first kappa shape index (κ1) is 14.6. The van der Waals surface area contributed by atoms with E-state index in [2.05, 4.69) is 5.16 Å². The van der Waals surface area contributed by atoms with Gasteiger partial charge in [0.2, 0.25) is 0 Å². The van der Waals surface area contributed by atoms with Gasteiger partial charge in [-0.1, -0.05) is 17.3 Å². The molecular weight excluding hydrogens is 275 g/mol. The minimum Gasteiger partial charge on any atom is -0.497 e. The molecule has 0 fully saturated rings. The monoisotopic (exact) mass is 290 g/mol. The molecule has 0 aliphatic rings. The van der Waals surface area contributed by atoms with Crippen LogP contribution in [0.15, 0.2) is 47.6 Å². The van der Waals surface area contributed by atoms with E-state index in [0.29, 0.717) is 11.5 Å². The summed E-state index contributed by atoms with van der Waals surface area (Å²) in [5, 5.41) is 11.6. The third kappa shape index (κ3) is 3.62. The van der Waals surface area contributed by atoms with Crippen molar-refractivity contribution in [2.24, 2.45) is 10.9 Å². The number of methoxy groups -OCH3 is 1. The smallest absolute Gasteiger partial charge is 0.173 e. The van der Waals surface area contributed by atoms with Gasteiger partial charge in [-0.25, -0.2) is 4.39 Å². The van der Waals surface area contributed by atoms with Gasteiger partial charge in [-0.3, -0.25) is 0 Å². The van der Waals surface area contributed by atoms with Gasteiger partial charge in [0.05, 0.1) is 12.7 Å². The first-order chi connectivity index (χ1) is 10.1. The van der Waals surface area contributed by atoms with Crippen LogP contribution in [-0.2, 0) is 6.61 Å². The maximum absolute atomic E-state index is 13.2. The quantitative estimate of drug-likeness (QED) is 0.384. The lowest BCUT2D eigenvalue weighted by Crippen LogP contribution is -2.15. The summed E-state index contributed by atoms with van der Waals surface area (Å²) in [6.45, 7) is 0.245. The van der Waals surface area contributed by atoms with Gasteiger partial charge < -0.3 is 20.4 Å². The van der Waals surface area contributed by atoms with E-state index in [0.717, 1.165) is 11.6 Å². The Morgan fingerprint density at radius 3 is 2.81 bits per heavy atom. The fourth-order valence-electron chi connectivity index (χ4n) is 1.81. The predicted octanol–water partition coefficient (Wildman–Crippen LogP) is 2.51. The van der Waals surface area contributed by atoms with Crippen LogP contribution in [0.1, 0.15) is 11.1 Å². The standard InChI is InChI=1S/C15H15FN2O3/c1-20-12-4-2-3-10(7-12)9-21-14-6-5-11(16)8-13(14)15(17)18-19/h2-8,19H,9H2,1H3,(H2,17,18). The second-order valence-corrected chi connectivity index (χ2v) is 4.27. The molecule has 0 heterocycles. The molecular formula is C15H15FN2O3. The lowest BCUT2D eigenvalue weighted by molar-refractivity contribution is 0.302. The van der Waals surface area contributed by atoms with Crippen LogP contribution >= 0.6 is 0 Å². The van der Waals surface area contributed by atoms with Crippen molar-refractivity contribution in [3.05, 3.63) is 59.4 Å². The zero-order valence-corrected chi connectivity index (χ0v) is 11.4. The fraction of sp³-hybridized carbons (Fsp3) is 0.133. The van der Waals surface area contributed by atoms with E-state index in [4.69, 9.17) is 20.4 Å². The van der Waals surface area contributed by atoms with Gasteiger partial charge in [0.25, 0.3) is 0 Å². The second-order valence-electron chi connectivity index (χ2n) is 4.27. The minimum absolute atomic E-state index is 0.195. The molecule has 0 spiro atoms. The lowest BCUT2D eigenvalue weighted by Gasteiger charge is -2.11. The van der Waals surface area contributed by atoms with Crippen LogP contribution in [0.25, 0.3) is 0 Å². The van der Waals surface area contributed by atoms with Crippen LogP contribution in [0.3, 0.4) is 0 Å². The number of rotatable bonds is 5. The molecule has 5 nitrogen and oxygen atoms in total. The van der Waals surface area contributed by atoms with Crippen LogP contribution in [0.5, 0.6) is 11.5 Å². The Hall–Kier alpha value is -2.76. The van der Waals surface area contributed by atoms with Crippen molar-refractivity contribution in [2.45, 2.75) is 6.61 Å². The molecule has 0 radical (unpaired) electrons. The highest BCUT2D eigenvalue weighted by Crippen LogP contribution is 2.21. The number of ether oxygens (including phenoxy) is 2. The van der Waals surface area contributed by atoms with Gasteiger partial charge in [-0.2, -0.15) is 0 Å². The maximum atomic E-state index is 13.2. The molecule has 0 aliphatic heterocycles. The molecule has 0 amide bonds. The second kappa shape index (κ2) is 6.60. The zero-order chi connectivity index (χ0) is 15.2. The molecule has 2 rings (SSSR count). The summed E-state index contributed by atoms with van der Waals surface area (Å²) in [4.78, 5) is 0. The van der Waals surface area contributed by atoms with Crippen molar-refractivity contribution in [2.75, 3.05) is 7.11 Å². The average Bonchev–Trinajstić information content (AvgIpc) is 2.53. The van der Waals surface area contributed by atoms with E-state index in [9.17, 15) is 4.39 Å². The Labute approximate surface area is 121 Å². The zero-order valence-electron chi connectivity index (χ0n) is 11.4. The highest BCUT2D eigenvalue weighted by molar-refractivity contribution is 5.99. The first-order valence-corrected chi connectivity index (χ1v) is 6.17. The van der Waals surface area contributed by atoms with Crippen LogP contribution in [0.4, 0.5) is 4.39 Å². The Kier molecular flexibility index (Phi) is 4.61. The third-order valence-corrected chi connectivity index (χ3v) is 2.85. The normalized spacial score (nSPS) is 11.2. The summed E-state index contributed by atoms with van der Waals surface area (Å²) in [6, 6.07) is 11.2. The largest absolute Gasteiger partial charge is 0.497 e. The van der Waals surface area contributed by atoms with E-state index in [-0.39, 0.29) is 18.0 Å². The van der Waals surface area contributed by atoms with Gasteiger partial charge in [0.15, 0.2) is 5.84 Å². The van der Waals surface area contributed by atoms with Crippen LogP contribution < -0.4 is 15.2 Å². The van der Waals surface area contributed by atoms with Crippen LogP contribution in [0, 0.1) is 5.82 Å². The van der Waals surface area contributed by atoms with E-state index in [1.165, 1.54) is 12.1 Å². The molecule has 0 saturated carbocycles. The van der Waals surface area contributed by atoms with Crippen molar-refractivity contribution in [3.63, 3.8) is 0 Å². The van der Waals surface area contributed by atoms with Crippen molar-refractivity contribution >= 4 is 5.84 Å². The molecule has 0 saturated heterocycles. The van der Waals surface area contributed by atoms with E-state index < -0.39 is 5.82 Å². The average molecular weight is 290 g/mol. The third-order valence-electron chi connectivity index (χ3n) is 2.85. The fourth-order valence-corrected chi connectivity index (χ4v) is 1.81. The summed E-state index contributed by atoms with van der Waals surface area (Å²) in [5.74, 6) is 0.335. The Morgan fingerprint density at radius 2 is 2.10 bits per heavy atom. The Bertz CT molecular complexity index is 659. The van der Waals surface area contributed by atoms with Crippen LogP contribution in [-0.4, -0.2) is 18.2 Å². The molecule has 2 aromatic rings. The molecule has 2 aromatic carbocycles. The summed E-state index contributed by atoms with van der Waals surface area (Å²) in [7, 11) is 1.58. The molecule has 0 aliphatic carbocycles. The maximum Gasteiger partial charge on any atom is 0.173 e. The number of amidine groups is 1. The summed E-state index contributed by atoms with van der Waals surface area (Å²) < 4.78 is 24.0. The van der Waals surface area contributed by atoms with Crippen molar-refractivity contribution in [3.8, 4) is 11.5 Å². The van der Waals surface area contributed by atoms with E-state index in [1.807, 2.05) is 24.3 Å². The van der Waals surface area contributed by atoms with E-state index in [1.54, 1.807) is 7.11 Å². The topological polar surface area (TPSA) is 77.1 Å². The molecule has 0 bridgehead atoms. The molecule has 3 N–H and O–H groups in total. The summed E-state index contributed by atoms with van der Waals surface area (Å²) in [6.07, 6.45) is 0. The lowest BCUT2D eigenvalue weighted by atomic mass is 10.1. The predicted molar refractivity (Wildman–Crippen MR) is 76.2 cm³/mol. The number of nitrogens with two attached hydrogens (primary N) is 1. The highest BCUT2D eigenvalue weighted by atomic mass is 19.1. The molecule has 0 unspecified atom stereocenters. The number of halogens is 1. The van der Waals surface area contributed by atoms with Crippen molar-refractivity contribution in [1.29, 1.82) is 0 Å². The highest BCUT2D eigenvalue weighted by Gasteiger charge is 2.10. The van der Waals surface area contributed by atoms with Gasteiger partial charge in [0.1, 0.15) is 23.9 Å². The minimum atomic E-state index is -0.495. The van der Waals surface area contributed by atoms with Crippen molar-refractivity contribution in [1.82, 2.24) is 0 Å². The first-order valence-electron chi connectivity index (χ1n) is 6.17. The molecule has 0 aromatic heterocycles. The molecule has 110 valence electrons. The molecule has 21 heavy (non-hydrogen) atoms. The Balaban J connectivity index is 2.19. The van der Waals surface area contributed by atoms with Gasteiger partial charge in [0, 0.05) is 0 Å². The number of hydrogen-bond acceptors (Lipinski definition) is 4. The molecule has 0 atom stereocenters. The number of nitrogens with zero attached hydrogens (tertiary/aromatic N) is 1. The van der Waals surface area contributed by atoms with E-state index >= 15 is 0 Å². The SMILES string of the molecule is COc1cccc(COc2ccc(F)cc2C(N)=NO)c1. The number of oxime groups is 1.